The summed E-state index contributed by atoms with van der Waals surface area (Å²) in [5.74, 6) is 3.87. The highest BCUT2D eigenvalue weighted by Crippen LogP contribution is 2.10. The lowest BCUT2D eigenvalue weighted by atomic mass is 10.1. The summed E-state index contributed by atoms with van der Waals surface area (Å²) < 4.78 is 13.2. The molecule has 0 aliphatic heterocycles. The molecule has 0 fully saturated rings. The monoisotopic (exact) mass is 277 g/mol. The number of nitrogens with one attached hydrogen (secondary N) is 2. The van der Waals surface area contributed by atoms with E-state index in [1.807, 2.05) is 0 Å². The second kappa shape index (κ2) is 7.92. The number of nitrogens with two attached hydrogens (primary N) is 1. The van der Waals surface area contributed by atoms with Gasteiger partial charge in [0.25, 0.3) is 5.91 Å². The molecule has 106 valence electrons. The van der Waals surface area contributed by atoms with Crippen LogP contribution >= 0.6 is 0 Å². The molecule has 0 bridgehead atoms. The van der Waals surface area contributed by atoms with Crippen molar-refractivity contribution in [1.82, 2.24) is 10.6 Å². The highest BCUT2D eigenvalue weighted by Gasteiger charge is 2.12. The van der Waals surface area contributed by atoms with Gasteiger partial charge >= 0.3 is 0 Å². The first-order valence-corrected chi connectivity index (χ1v) is 6.11. The van der Waals surface area contributed by atoms with E-state index in [9.17, 15) is 14.0 Å². The molecule has 2 amide bonds. The van der Waals surface area contributed by atoms with Gasteiger partial charge in [0.1, 0.15) is 5.82 Å². The summed E-state index contributed by atoms with van der Waals surface area (Å²) in [5, 5.41) is 4.95. The molecule has 0 saturated carbocycles. The molecule has 0 aliphatic carbocycles. The van der Waals surface area contributed by atoms with Gasteiger partial charge in [-0.25, -0.2) is 4.39 Å². The first kappa shape index (κ1) is 15.7. The number of benzene rings is 1. The molecule has 0 aliphatic rings. The van der Waals surface area contributed by atoms with Gasteiger partial charge < -0.3 is 16.4 Å². The maximum absolute atomic E-state index is 13.2. The highest BCUT2D eigenvalue weighted by molar-refractivity contribution is 5.98. The van der Waals surface area contributed by atoms with Gasteiger partial charge in [-0.1, -0.05) is 11.8 Å². The van der Waals surface area contributed by atoms with Crippen molar-refractivity contribution in [2.75, 3.05) is 19.6 Å². The summed E-state index contributed by atoms with van der Waals surface area (Å²) >= 11 is 0. The van der Waals surface area contributed by atoms with E-state index in [0.29, 0.717) is 12.1 Å². The van der Waals surface area contributed by atoms with E-state index in [4.69, 9.17) is 5.73 Å². The zero-order valence-corrected chi connectivity index (χ0v) is 11.1. The molecule has 1 rings (SSSR count). The Hall–Kier alpha value is -2.39. The number of amides is 2. The minimum absolute atomic E-state index is 0.0789. The number of likely N-dealkylation sites (N-methyl/N-ethyl adjacent to an activating group) is 1. The smallest absolute Gasteiger partial charge is 0.253 e. The summed E-state index contributed by atoms with van der Waals surface area (Å²) in [4.78, 5) is 23.2. The van der Waals surface area contributed by atoms with Gasteiger partial charge in [0.2, 0.25) is 5.91 Å². The highest BCUT2D eigenvalue weighted by atomic mass is 19.1. The fourth-order valence-electron chi connectivity index (χ4n) is 1.48. The summed E-state index contributed by atoms with van der Waals surface area (Å²) in [6, 6.07) is 3.69. The predicted octanol–water partition coefficient (Wildman–Crippen LogP) is 0.00180. The van der Waals surface area contributed by atoms with Crippen LogP contribution in [-0.4, -0.2) is 31.4 Å². The predicted molar refractivity (Wildman–Crippen MR) is 73.3 cm³/mol. The Labute approximate surface area is 116 Å². The Morgan fingerprint density at radius 3 is 2.75 bits per heavy atom. The number of hydrogen-bond acceptors (Lipinski definition) is 3. The molecule has 5 nitrogen and oxygen atoms in total. The van der Waals surface area contributed by atoms with E-state index in [-0.39, 0.29) is 24.6 Å². The van der Waals surface area contributed by atoms with Crippen molar-refractivity contribution in [3.05, 3.63) is 35.1 Å². The number of halogens is 1. The van der Waals surface area contributed by atoms with E-state index in [2.05, 4.69) is 22.5 Å². The molecule has 0 spiro atoms. The third-order valence-corrected chi connectivity index (χ3v) is 2.33. The Kier molecular flexibility index (Phi) is 6.20. The van der Waals surface area contributed by atoms with Gasteiger partial charge in [-0.2, -0.15) is 0 Å². The van der Waals surface area contributed by atoms with Crippen LogP contribution in [0, 0.1) is 17.7 Å². The van der Waals surface area contributed by atoms with Crippen molar-refractivity contribution in [1.29, 1.82) is 0 Å². The maximum Gasteiger partial charge on any atom is 0.253 e. The summed E-state index contributed by atoms with van der Waals surface area (Å²) in [6.45, 7) is 2.21. The Bertz CT molecular complexity index is 561. The van der Waals surface area contributed by atoms with Crippen molar-refractivity contribution >= 4 is 11.8 Å². The normalized spacial score (nSPS) is 9.35. The minimum atomic E-state index is -0.558. The first-order chi connectivity index (χ1) is 9.58. The van der Waals surface area contributed by atoms with Crippen LogP contribution < -0.4 is 16.4 Å². The van der Waals surface area contributed by atoms with Crippen molar-refractivity contribution in [3.8, 4) is 11.8 Å². The lowest BCUT2D eigenvalue weighted by Gasteiger charge is -2.07. The molecule has 0 heterocycles. The van der Waals surface area contributed by atoms with Gasteiger partial charge in [0, 0.05) is 12.1 Å². The van der Waals surface area contributed by atoms with E-state index in [0.717, 1.165) is 6.07 Å². The SMILES string of the molecule is CCNC(=O)CNC(=O)c1cc(F)ccc1C#CCN. The van der Waals surface area contributed by atoms with Crippen LogP contribution in [0.5, 0.6) is 0 Å². The molecule has 1 aromatic rings. The molecular formula is C14H16FN3O2. The van der Waals surface area contributed by atoms with Gasteiger partial charge in [-0.3, -0.25) is 9.59 Å². The average molecular weight is 277 g/mol. The van der Waals surface area contributed by atoms with Crippen LogP contribution in [0.2, 0.25) is 0 Å². The number of hydrogen-bond donors (Lipinski definition) is 3. The first-order valence-electron chi connectivity index (χ1n) is 6.11. The number of rotatable bonds is 4. The van der Waals surface area contributed by atoms with Crippen LogP contribution in [0.3, 0.4) is 0 Å². The third kappa shape index (κ3) is 4.71. The zero-order valence-electron chi connectivity index (χ0n) is 11.1. The third-order valence-electron chi connectivity index (χ3n) is 2.33. The molecule has 4 N–H and O–H groups in total. The van der Waals surface area contributed by atoms with Crippen LogP contribution in [0.15, 0.2) is 18.2 Å². The Balaban J connectivity index is 2.85. The standard InChI is InChI=1S/C14H16FN3O2/c1-2-17-13(19)9-18-14(20)12-8-11(15)6-5-10(12)4-3-7-16/h5-6,8H,2,7,9,16H2,1H3,(H,17,19)(H,18,20). The molecule has 20 heavy (non-hydrogen) atoms. The summed E-state index contributed by atoms with van der Waals surface area (Å²) in [7, 11) is 0. The molecular weight excluding hydrogens is 261 g/mol. The lowest BCUT2D eigenvalue weighted by molar-refractivity contribution is -0.120. The van der Waals surface area contributed by atoms with Crippen molar-refractivity contribution < 1.29 is 14.0 Å². The van der Waals surface area contributed by atoms with E-state index < -0.39 is 11.7 Å². The maximum atomic E-state index is 13.2. The summed E-state index contributed by atoms with van der Waals surface area (Å²) in [6.07, 6.45) is 0. The topological polar surface area (TPSA) is 84.2 Å². The summed E-state index contributed by atoms with van der Waals surface area (Å²) in [5.41, 5.74) is 5.71. The zero-order chi connectivity index (χ0) is 15.0. The molecule has 0 unspecified atom stereocenters. The van der Waals surface area contributed by atoms with Gasteiger partial charge in [-0.05, 0) is 25.1 Å². The minimum Gasteiger partial charge on any atom is -0.355 e. The fraction of sp³-hybridized carbons (Fsp3) is 0.286. The number of carbonyl (C=O) groups excluding carboxylic acids is 2. The van der Waals surface area contributed by atoms with Crippen LogP contribution in [0.4, 0.5) is 4.39 Å². The Morgan fingerprint density at radius 2 is 2.10 bits per heavy atom. The largest absolute Gasteiger partial charge is 0.355 e. The molecule has 0 aromatic heterocycles. The Morgan fingerprint density at radius 1 is 1.35 bits per heavy atom. The lowest BCUT2D eigenvalue weighted by Crippen LogP contribution is -2.37. The second-order valence-electron chi connectivity index (χ2n) is 3.83. The van der Waals surface area contributed by atoms with E-state index >= 15 is 0 Å². The second-order valence-corrected chi connectivity index (χ2v) is 3.83. The van der Waals surface area contributed by atoms with E-state index in [1.54, 1.807) is 6.92 Å². The molecule has 1 aromatic carbocycles. The van der Waals surface area contributed by atoms with Crippen molar-refractivity contribution in [2.24, 2.45) is 5.73 Å². The van der Waals surface area contributed by atoms with Crippen LogP contribution in [0.25, 0.3) is 0 Å². The van der Waals surface area contributed by atoms with Crippen molar-refractivity contribution in [3.63, 3.8) is 0 Å². The van der Waals surface area contributed by atoms with Gasteiger partial charge in [-0.15, -0.1) is 0 Å². The van der Waals surface area contributed by atoms with E-state index in [1.165, 1.54) is 12.1 Å². The quantitative estimate of drug-likeness (QED) is 0.677. The van der Waals surface area contributed by atoms with Gasteiger partial charge in [0.15, 0.2) is 0 Å². The number of carbonyl (C=O) groups is 2. The molecule has 0 atom stereocenters. The van der Waals surface area contributed by atoms with Crippen LogP contribution in [-0.2, 0) is 4.79 Å². The molecule has 0 saturated heterocycles. The van der Waals surface area contributed by atoms with Crippen molar-refractivity contribution in [2.45, 2.75) is 6.92 Å². The van der Waals surface area contributed by atoms with Gasteiger partial charge in [0.05, 0.1) is 18.7 Å². The molecule has 0 radical (unpaired) electrons. The average Bonchev–Trinajstić information content (AvgIpc) is 2.43. The fourth-order valence-corrected chi connectivity index (χ4v) is 1.48. The van der Waals surface area contributed by atoms with Crippen LogP contribution in [0.1, 0.15) is 22.8 Å². The molecule has 6 heteroatoms.